The van der Waals surface area contributed by atoms with E-state index < -0.39 is 0 Å². The highest BCUT2D eigenvalue weighted by Crippen LogP contribution is 2.34. The van der Waals surface area contributed by atoms with Crippen molar-refractivity contribution in [2.75, 3.05) is 6.54 Å². The smallest absolute Gasteiger partial charge is 0.122 e. The fourth-order valence-corrected chi connectivity index (χ4v) is 3.06. The molecule has 0 aliphatic heterocycles. The van der Waals surface area contributed by atoms with E-state index in [-0.39, 0.29) is 0 Å². The summed E-state index contributed by atoms with van der Waals surface area (Å²) < 4.78 is 6.32. The molecule has 1 aliphatic carbocycles. The van der Waals surface area contributed by atoms with E-state index in [1.165, 1.54) is 30.4 Å². The third-order valence-electron chi connectivity index (χ3n) is 4.54. The van der Waals surface area contributed by atoms with Gasteiger partial charge < -0.3 is 10.5 Å². The third kappa shape index (κ3) is 3.50. The van der Waals surface area contributed by atoms with Crippen LogP contribution >= 0.6 is 0 Å². The molecular weight excluding hydrogens is 234 g/mol. The maximum absolute atomic E-state index is 6.32. The second kappa shape index (κ2) is 6.42. The topological polar surface area (TPSA) is 35.2 Å². The normalized spacial score (nSPS) is 27.3. The summed E-state index contributed by atoms with van der Waals surface area (Å²) in [6, 6.07) is 6.43. The summed E-state index contributed by atoms with van der Waals surface area (Å²) in [5.41, 5.74) is 8.40. The number of hydrogen-bond acceptors (Lipinski definition) is 2. The molecule has 0 radical (unpaired) electrons. The van der Waals surface area contributed by atoms with E-state index in [2.05, 4.69) is 39.0 Å². The molecule has 2 N–H and O–H groups in total. The van der Waals surface area contributed by atoms with Crippen LogP contribution in [-0.2, 0) is 0 Å². The van der Waals surface area contributed by atoms with Crippen molar-refractivity contribution in [1.29, 1.82) is 0 Å². The first-order valence-electron chi connectivity index (χ1n) is 7.58. The minimum Gasteiger partial charge on any atom is -0.490 e. The van der Waals surface area contributed by atoms with Gasteiger partial charge in [-0.05, 0) is 62.8 Å². The zero-order chi connectivity index (χ0) is 13.8. The first-order valence-corrected chi connectivity index (χ1v) is 7.58. The van der Waals surface area contributed by atoms with E-state index in [9.17, 15) is 0 Å². The lowest BCUT2D eigenvalue weighted by Gasteiger charge is -2.35. The van der Waals surface area contributed by atoms with E-state index >= 15 is 0 Å². The highest BCUT2D eigenvalue weighted by atomic mass is 16.5. The number of benzene rings is 1. The summed E-state index contributed by atoms with van der Waals surface area (Å²) >= 11 is 0. The van der Waals surface area contributed by atoms with Gasteiger partial charge in [0.2, 0.25) is 0 Å². The Morgan fingerprint density at radius 3 is 2.74 bits per heavy atom. The molecule has 1 aliphatic rings. The molecule has 1 aromatic carbocycles. The van der Waals surface area contributed by atoms with E-state index in [0.29, 0.717) is 12.0 Å². The zero-order valence-electron chi connectivity index (χ0n) is 12.5. The summed E-state index contributed by atoms with van der Waals surface area (Å²) in [5, 5.41) is 0. The largest absolute Gasteiger partial charge is 0.490 e. The Morgan fingerprint density at radius 1 is 1.26 bits per heavy atom. The fourth-order valence-electron chi connectivity index (χ4n) is 3.06. The molecule has 3 atom stereocenters. The Labute approximate surface area is 117 Å². The molecule has 2 nitrogen and oxygen atoms in total. The molecule has 1 fully saturated rings. The maximum atomic E-state index is 6.32. The quantitative estimate of drug-likeness (QED) is 0.894. The molecule has 0 saturated heterocycles. The summed E-state index contributed by atoms with van der Waals surface area (Å²) in [6.45, 7) is 7.25. The first kappa shape index (κ1) is 14.4. The molecule has 2 heteroatoms. The molecule has 1 aromatic rings. The van der Waals surface area contributed by atoms with Gasteiger partial charge in [-0.15, -0.1) is 0 Å². The average Bonchev–Trinajstić information content (AvgIpc) is 2.42. The predicted molar refractivity (Wildman–Crippen MR) is 80.5 cm³/mol. The molecule has 106 valence electrons. The fraction of sp³-hybridized carbons (Fsp3) is 0.647. The molecule has 0 amide bonds. The summed E-state index contributed by atoms with van der Waals surface area (Å²) in [7, 11) is 0. The van der Waals surface area contributed by atoms with Crippen LogP contribution in [-0.4, -0.2) is 12.6 Å². The lowest BCUT2D eigenvalue weighted by molar-refractivity contribution is 0.0678. The van der Waals surface area contributed by atoms with Crippen molar-refractivity contribution in [2.24, 2.45) is 17.6 Å². The number of nitrogens with two attached hydrogens (primary N) is 1. The van der Waals surface area contributed by atoms with Crippen LogP contribution in [0.1, 0.15) is 43.7 Å². The van der Waals surface area contributed by atoms with Gasteiger partial charge in [-0.1, -0.05) is 25.5 Å². The Hall–Kier alpha value is -1.02. The van der Waals surface area contributed by atoms with Crippen molar-refractivity contribution in [1.82, 2.24) is 0 Å². The lowest BCUT2D eigenvalue weighted by Crippen LogP contribution is -2.38. The van der Waals surface area contributed by atoms with Crippen molar-refractivity contribution in [3.63, 3.8) is 0 Å². The average molecular weight is 261 g/mol. The van der Waals surface area contributed by atoms with Crippen LogP contribution in [0.5, 0.6) is 5.75 Å². The van der Waals surface area contributed by atoms with Crippen LogP contribution < -0.4 is 10.5 Å². The Kier molecular flexibility index (Phi) is 4.87. The minimum atomic E-state index is 0.296. The summed E-state index contributed by atoms with van der Waals surface area (Å²) in [6.07, 6.45) is 5.23. The standard InChI is InChI=1S/C17H27NO/c1-4-14-7-8-15(11-18)17(10-14)19-16-9-12(2)5-6-13(16)3/h5-6,9,14-15,17H,4,7-8,10-11,18H2,1-3H3. The first-order chi connectivity index (χ1) is 9.13. The van der Waals surface area contributed by atoms with Gasteiger partial charge in [-0.3, -0.25) is 0 Å². The summed E-state index contributed by atoms with van der Waals surface area (Å²) in [5.74, 6) is 2.36. The van der Waals surface area contributed by atoms with Gasteiger partial charge in [0.1, 0.15) is 11.9 Å². The molecular formula is C17H27NO. The van der Waals surface area contributed by atoms with E-state index in [0.717, 1.165) is 24.6 Å². The van der Waals surface area contributed by atoms with E-state index in [1.54, 1.807) is 0 Å². The Bertz CT molecular complexity index is 416. The highest BCUT2D eigenvalue weighted by molar-refractivity contribution is 5.36. The number of rotatable bonds is 4. The minimum absolute atomic E-state index is 0.296. The van der Waals surface area contributed by atoms with Gasteiger partial charge in [0, 0.05) is 5.92 Å². The monoisotopic (exact) mass is 261 g/mol. The van der Waals surface area contributed by atoms with Gasteiger partial charge in [0.05, 0.1) is 0 Å². The van der Waals surface area contributed by atoms with Gasteiger partial charge in [0.25, 0.3) is 0 Å². The third-order valence-corrected chi connectivity index (χ3v) is 4.54. The molecule has 0 spiro atoms. The maximum Gasteiger partial charge on any atom is 0.122 e. The zero-order valence-corrected chi connectivity index (χ0v) is 12.5. The van der Waals surface area contributed by atoms with Gasteiger partial charge in [-0.25, -0.2) is 0 Å². The van der Waals surface area contributed by atoms with Crippen LogP contribution in [0.25, 0.3) is 0 Å². The highest BCUT2D eigenvalue weighted by Gasteiger charge is 2.30. The number of hydrogen-bond donors (Lipinski definition) is 1. The molecule has 3 unspecified atom stereocenters. The Balaban J connectivity index is 2.11. The van der Waals surface area contributed by atoms with Crippen LogP contribution in [0.2, 0.25) is 0 Å². The van der Waals surface area contributed by atoms with Crippen LogP contribution in [0.15, 0.2) is 18.2 Å². The lowest BCUT2D eigenvalue weighted by atomic mass is 9.78. The van der Waals surface area contributed by atoms with Crippen LogP contribution in [0, 0.1) is 25.7 Å². The van der Waals surface area contributed by atoms with Gasteiger partial charge in [0.15, 0.2) is 0 Å². The van der Waals surface area contributed by atoms with E-state index in [1.807, 2.05) is 0 Å². The predicted octanol–water partition coefficient (Wildman–Crippen LogP) is 3.84. The van der Waals surface area contributed by atoms with Crippen LogP contribution in [0.3, 0.4) is 0 Å². The number of ether oxygens (including phenoxy) is 1. The molecule has 0 aromatic heterocycles. The second-order valence-electron chi connectivity index (χ2n) is 6.01. The molecule has 0 heterocycles. The van der Waals surface area contributed by atoms with Crippen molar-refractivity contribution >= 4 is 0 Å². The molecule has 19 heavy (non-hydrogen) atoms. The van der Waals surface area contributed by atoms with Gasteiger partial charge in [-0.2, -0.15) is 0 Å². The molecule has 1 saturated carbocycles. The van der Waals surface area contributed by atoms with Crippen LogP contribution in [0.4, 0.5) is 0 Å². The van der Waals surface area contributed by atoms with Crippen molar-refractivity contribution in [3.05, 3.63) is 29.3 Å². The SMILES string of the molecule is CCC1CCC(CN)C(Oc2cc(C)ccc2C)C1. The van der Waals surface area contributed by atoms with Crippen molar-refractivity contribution in [2.45, 2.75) is 52.6 Å². The molecule has 2 rings (SSSR count). The van der Waals surface area contributed by atoms with Gasteiger partial charge >= 0.3 is 0 Å². The Morgan fingerprint density at radius 2 is 2.05 bits per heavy atom. The van der Waals surface area contributed by atoms with Crippen molar-refractivity contribution in [3.8, 4) is 5.75 Å². The summed E-state index contributed by atoms with van der Waals surface area (Å²) in [4.78, 5) is 0. The number of aryl methyl sites for hydroxylation is 2. The van der Waals surface area contributed by atoms with E-state index in [4.69, 9.17) is 10.5 Å². The molecule has 0 bridgehead atoms. The second-order valence-corrected chi connectivity index (χ2v) is 6.01. The van der Waals surface area contributed by atoms with Crippen molar-refractivity contribution < 1.29 is 4.74 Å².